The minimum Gasteiger partial charge on any atom is -0.312 e. The molecule has 0 spiro atoms. The molecule has 3 rings (SSSR count). The molecule has 3 fully saturated rings. The van der Waals surface area contributed by atoms with E-state index in [9.17, 15) is 0 Å². The van der Waals surface area contributed by atoms with E-state index in [0.717, 1.165) is 29.8 Å². The lowest BCUT2D eigenvalue weighted by Crippen LogP contribution is -2.40. The first-order chi connectivity index (χ1) is 8.24. The van der Waals surface area contributed by atoms with Crippen LogP contribution in [0.2, 0.25) is 0 Å². The van der Waals surface area contributed by atoms with Crippen molar-refractivity contribution in [3.8, 4) is 0 Å². The molecule has 0 amide bonds. The first-order valence-corrected chi connectivity index (χ1v) is 7.71. The summed E-state index contributed by atoms with van der Waals surface area (Å²) < 4.78 is 0. The Hall–Kier alpha value is -0.0800. The summed E-state index contributed by atoms with van der Waals surface area (Å²) in [6, 6.07) is 1.69. The zero-order chi connectivity index (χ0) is 11.8. The lowest BCUT2D eigenvalue weighted by molar-refractivity contribution is 0.255. The maximum absolute atomic E-state index is 3.86. The lowest BCUT2D eigenvalue weighted by Gasteiger charge is -2.24. The van der Waals surface area contributed by atoms with Gasteiger partial charge in [0.05, 0.1) is 0 Å². The van der Waals surface area contributed by atoms with Crippen LogP contribution >= 0.6 is 0 Å². The molecule has 2 unspecified atom stereocenters. The van der Waals surface area contributed by atoms with Crippen LogP contribution in [-0.2, 0) is 0 Å². The van der Waals surface area contributed by atoms with E-state index < -0.39 is 0 Å². The van der Waals surface area contributed by atoms with Crippen LogP contribution in [0.1, 0.15) is 46.0 Å². The van der Waals surface area contributed by atoms with E-state index in [1.54, 1.807) is 0 Å². The summed E-state index contributed by atoms with van der Waals surface area (Å²) in [6.45, 7) is 8.58. The van der Waals surface area contributed by atoms with Crippen molar-refractivity contribution in [1.29, 1.82) is 0 Å². The van der Waals surface area contributed by atoms with Gasteiger partial charge in [0.1, 0.15) is 0 Å². The van der Waals surface area contributed by atoms with Crippen molar-refractivity contribution in [2.45, 2.75) is 58.0 Å². The van der Waals surface area contributed by atoms with Crippen LogP contribution in [0, 0.1) is 17.8 Å². The van der Waals surface area contributed by atoms with Crippen molar-refractivity contribution in [3.63, 3.8) is 0 Å². The lowest BCUT2D eigenvalue weighted by atomic mass is 10.1. The first-order valence-electron chi connectivity index (χ1n) is 7.71. The summed E-state index contributed by atoms with van der Waals surface area (Å²) in [4.78, 5) is 2.68. The third kappa shape index (κ3) is 3.03. The fourth-order valence-electron chi connectivity index (χ4n) is 3.70. The molecular weight excluding hydrogens is 208 g/mol. The van der Waals surface area contributed by atoms with Crippen molar-refractivity contribution in [2.75, 3.05) is 19.6 Å². The zero-order valence-corrected chi connectivity index (χ0v) is 11.5. The molecule has 0 aromatic rings. The molecule has 17 heavy (non-hydrogen) atoms. The molecule has 2 aliphatic carbocycles. The molecule has 1 aliphatic heterocycles. The van der Waals surface area contributed by atoms with Crippen LogP contribution in [0.3, 0.4) is 0 Å². The average molecular weight is 236 g/mol. The third-order valence-electron chi connectivity index (χ3n) is 4.95. The summed E-state index contributed by atoms with van der Waals surface area (Å²) in [5, 5.41) is 3.86. The second kappa shape index (κ2) is 4.89. The van der Waals surface area contributed by atoms with Crippen molar-refractivity contribution in [1.82, 2.24) is 10.2 Å². The molecule has 2 saturated carbocycles. The minimum atomic E-state index is 0.812. The molecule has 2 atom stereocenters. The Kier molecular flexibility index (Phi) is 3.45. The van der Waals surface area contributed by atoms with Crippen molar-refractivity contribution < 1.29 is 0 Å². The third-order valence-corrected chi connectivity index (χ3v) is 4.95. The Balaban J connectivity index is 1.39. The van der Waals surface area contributed by atoms with Crippen LogP contribution in [0.5, 0.6) is 0 Å². The largest absolute Gasteiger partial charge is 0.312 e. The van der Waals surface area contributed by atoms with E-state index in [2.05, 4.69) is 24.1 Å². The number of likely N-dealkylation sites (tertiary alicyclic amines) is 1. The highest BCUT2D eigenvalue weighted by molar-refractivity contribution is 4.96. The minimum absolute atomic E-state index is 0.812. The van der Waals surface area contributed by atoms with Crippen LogP contribution in [0.15, 0.2) is 0 Å². The number of rotatable bonds is 6. The predicted octanol–water partition coefficient (Wildman–Crippen LogP) is 2.49. The van der Waals surface area contributed by atoms with Gasteiger partial charge in [0.2, 0.25) is 0 Å². The Morgan fingerprint density at radius 2 is 1.76 bits per heavy atom. The van der Waals surface area contributed by atoms with Gasteiger partial charge >= 0.3 is 0 Å². The average Bonchev–Trinajstić information content (AvgIpc) is 3.14. The highest BCUT2D eigenvalue weighted by Gasteiger charge is 2.41. The second-order valence-electron chi connectivity index (χ2n) is 6.84. The summed E-state index contributed by atoms with van der Waals surface area (Å²) in [6.07, 6.45) is 7.36. The van der Waals surface area contributed by atoms with E-state index in [-0.39, 0.29) is 0 Å². The van der Waals surface area contributed by atoms with Gasteiger partial charge in [-0.05, 0) is 56.8 Å². The molecule has 2 nitrogen and oxygen atoms in total. The molecule has 3 aliphatic rings. The fraction of sp³-hybridized carbons (Fsp3) is 1.00. The summed E-state index contributed by atoms with van der Waals surface area (Å²) in [7, 11) is 0. The molecule has 1 saturated heterocycles. The van der Waals surface area contributed by atoms with Crippen molar-refractivity contribution in [3.05, 3.63) is 0 Å². The molecule has 0 radical (unpaired) electrons. The van der Waals surface area contributed by atoms with E-state index >= 15 is 0 Å². The Bertz CT molecular complexity index is 246. The van der Waals surface area contributed by atoms with Gasteiger partial charge in [0.15, 0.2) is 0 Å². The van der Waals surface area contributed by atoms with E-state index in [1.807, 2.05) is 0 Å². The highest BCUT2D eigenvalue weighted by Crippen LogP contribution is 2.44. The van der Waals surface area contributed by atoms with Gasteiger partial charge in [0, 0.05) is 31.7 Å². The van der Waals surface area contributed by atoms with Crippen molar-refractivity contribution >= 4 is 0 Å². The van der Waals surface area contributed by atoms with Crippen molar-refractivity contribution in [2.24, 2.45) is 17.8 Å². The quantitative estimate of drug-likeness (QED) is 0.762. The zero-order valence-electron chi connectivity index (χ0n) is 11.5. The van der Waals surface area contributed by atoms with Gasteiger partial charge in [-0.1, -0.05) is 6.92 Å². The maximum atomic E-state index is 3.86. The van der Waals surface area contributed by atoms with Gasteiger partial charge in [-0.25, -0.2) is 0 Å². The predicted molar refractivity (Wildman–Crippen MR) is 72.1 cm³/mol. The number of nitrogens with zero attached hydrogens (tertiary/aromatic N) is 1. The van der Waals surface area contributed by atoms with Gasteiger partial charge in [0.25, 0.3) is 0 Å². The first kappa shape index (κ1) is 12.0. The molecule has 1 N–H and O–H groups in total. The standard InChI is InChI=1S/C15H28N2/c1-11-9-12(2)17(10-11)8-7-16-15(13-3-4-13)14-5-6-14/h11-16H,3-10H2,1-2H3. The fourth-order valence-corrected chi connectivity index (χ4v) is 3.70. The second-order valence-corrected chi connectivity index (χ2v) is 6.84. The van der Waals surface area contributed by atoms with Crippen LogP contribution < -0.4 is 5.32 Å². The molecule has 0 bridgehead atoms. The number of nitrogens with one attached hydrogen (secondary N) is 1. The topological polar surface area (TPSA) is 15.3 Å². The Morgan fingerprint density at radius 1 is 1.12 bits per heavy atom. The molecule has 98 valence electrons. The van der Waals surface area contributed by atoms with Gasteiger partial charge in [-0.3, -0.25) is 4.90 Å². The SMILES string of the molecule is CC1CC(C)N(CCNC(C2CC2)C2CC2)C1. The smallest absolute Gasteiger partial charge is 0.0124 e. The summed E-state index contributed by atoms with van der Waals surface area (Å²) in [5.74, 6) is 2.99. The van der Waals surface area contributed by atoms with Crippen LogP contribution in [0.4, 0.5) is 0 Å². The van der Waals surface area contributed by atoms with Crippen LogP contribution in [-0.4, -0.2) is 36.6 Å². The summed E-state index contributed by atoms with van der Waals surface area (Å²) in [5.41, 5.74) is 0. The van der Waals surface area contributed by atoms with E-state index in [4.69, 9.17) is 0 Å². The Morgan fingerprint density at radius 3 is 2.24 bits per heavy atom. The van der Waals surface area contributed by atoms with Gasteiger partial charge in [-0.2, -0.15) is 0 Å². The molecule has 2 heteroatoms. The molecule has 0 aromatic heterocycles. The van der Waals surface area contributed by atoms with Gasteiger partial charge < -0.3 is 5.32 Å². The highest BCUT2D eigenvalue weighted by atomic mass is 15.2. The maximum Gasteiger partial charge on any atom is 0.0124 e. The number of hydrogen-bond donors (Lipinski definition) is 1. The van der Waals surface area contributed by atoms with E-state index in [0.29, 0.717) is 0 Å². The van der Waals surface area contributed by atoms with Crippen LogP contribution in [0.25, 0.3) is 0 Å². The Labute approximate surface area is 106 Å². The molecule has 0 aromatic carbocycles. The summed E-state index contributed by atoms with van der Waals surface area (Å²) >= 11 is 0. The normalized spacial score (nSPS) is 34.8. The monoisotopic (exact) mass is 236 g/mol. The molecular formula is C15H28N2. The van der Waals surface area contributed by atoms with Gasteiger partial charge in [-0.15, -0.1) is 0 Å². The molecule has 1 heterocycles. The van der Waals surface area contributed by atoms with E-state index in [1.165, 1.54) is 51.7 Å². The number of hydrogen-bond acceptors (Lipinski definition) is 2.